The molecular weight excluding hydrogens is 146 g/mol. The van der Waals surface area contributed by atoms with Crippen LogP contribution in [-0.2, 0) is 0 Å². The van der Waals surface area contributed by atoms with Crippen LogP contribution in [0.2, 0.25) is 0 Å². The topological polar surface area (TPSA) is 3.24 Å². The molecule has 0 aromatic heterocycles. The summed E-state index contributed by atoms with van der Waals surface area (Å²) in [6.45, 7) is 11.8. The van der Waals surface area contributed by atoms with Crippen molar-refractivity contribution in [3.63, 3.8) is 0 Å². The monoisotopic (exact) mass is 167 g/mol. The van der Waals surface area contributed by atoms with Gasteiger partial charge in [-0.3, -0.25) is 4.90 Å². The summed E-state index contributed by atoms with van der Waals surface area (Å²) in [5.41, 5.74) is 1.06. The molecular formula is C11H21N. The Labute approximate surface area is 76.1 Å². The predicted molar refractivity (Wildman–Crippen MR) is 52.2 cm³/mol. The molecule has 70 valence electrons. The molecule has 0 N–H and O–H groups in total. The molecule has 1 aliphatic heterocycles. The van der Waals surface area contributed by atoms with Crippen LogP contribution in [0, 0.1) is 5.41 Å². The third-order valence-electron chi connectivity index (χ3n) is 3.65. The van der Waals surface area contributed by atoms with Gasteiger partial charge in [0, 0.05) is 17.6 Å². The van der Waals surface area contributed by atoms with Gasteiger partial charge in [-0.2, -0.15) is 0 Å². The van der Waals surface area contributed by atoms with Gasteiger partial charge in [0.1, 0.15) is 0 Å². The molecule has 1 aliphatic carbocycles. The van der Waals surface area contributed by atoms with Crippen LogP contribution in [0.3, 0.4) is 0 Å². The van der Waals surface area contributed by atoms with Crippen LogP contribution >= 0.6 is 0 Å². The van der Waals surface area contributed by atoms with E-state index in [0.717, 1.165) is 12.1 Å². The lowest BCUT2D eigenvalue weighted by atomic mass is 10.0. The minimum Gasteiger partial charge on any atom is -0.292 e. The van der Waals surface area contributed by atoms with Crippen LogP contribution in [-0.4, -0.2) is 22.5 Å². The summed E-state index contributed by atoms with van der Waals surface area (Å²) in [7, 11) is 0. The van der Waals surface area contributed by atoms with E-state index < -0.39 is 0 Å². The van der Waals surface area contributed by atoms with Crippen molar-refractivity contribution in [1.82, 2.24) is 4.90 Å². The molecule has 2 fully saturated rings. The van der Waals surface area contributed by atoms with Crippen molar-refractivity contribution in [2.75, 3.05) is 0 Å². The molecule has 1 heteroatoms. The fourth-order valence-corrected chi connectivity index (χ4v) is 3.25. The van der Waals surface area contributed by atoms with Crippen LogP contribution in [0.1, 0.15) is 47.5 Å². The minimum absolute atomic E-state index is 0.373. The third kappa shape index (κ3) is 1.02. The van der Waals surface area contributed by atoms with Gasteiger partial charge in [-0.15, -0.1) is 0 Å². The Morgan fingerprint density at radius 1 is 1.25 bits per heavy atom. The number of piperidine rings is 1. The molecule has 2 rings (SSSR count). The van der Waals surface area contributed by atoms with Gasteiger partial charge in [0.25, 0.3) is 0 Å². The highest BCUT2D eigenvalue weighted by Gasteiger charge is 2.62. The quantitative estimate of drug-likeness (QED) is 0.536. The molecule has 2 aliphatic rings. The van der Waals surface area contributed by atoms with Gasteiger partial charge in [0.2, 0.25) is 0 Å². The first kappa shape index (κ1) is 8.55. The van der Waals surface area contributed by atoms with E-state index in [-0.39, 0.29) is 0 Å². The van der Waals surface area contributed by atoms with E-state index in [0.29, 0.717) is 11.0 Å². The maximum absolute atomic E-state index is 2.72. The minimum atomic E-state index is 0.373. The van der Waals surface area contributed by atoms with Crippen LogP contribution < -0.4 is 0 Å². The van der Waals surface area contributed by atoms with Crippen LogP contribution in [0.15, 0.2) is 0 Å². The van der Waals surface area contributed by atoms with Crippen LogP contribution in [0.4, 0.5) is 0 Å². The number of fused-ring (bicyclic) bond motifs is 1. The normalized spacial score (nSPS) is 47.8. The average molecular weight is 167 g/mol. The van der Waals surface area contributed by atoms with Crippen LogP contribution in [0.5, 0.6) is 0 Å². The smallest absolute Gasteiger partial charge is 0.0164 e. The number of hydrogen-bond donors (Lipinski definition) is 0. The molecule has 0 spiro atoms. The highest BCUT2D eigenvalue weighted by molar-refractivity contribution is 5.15. The number of hydrogen-bond acceptors (Lipinski definition) is 1. The van der Waals surface area contributed by atoms with E-state index in [1.807, 2.05) is 0 Å². The van der Waals surface area contributed by atoms with Gasteiger partial charge in [0.05, 0.1) is 0 Å². The Morgan fingerprint density at radius 3 is 2.08 bits per heavy atom. The molecule has 1 saturated carbocycles. The number of likely N-dealkylation sites (tertiary alicyclic amines) is 1. The summed E-state index contributed by atoms with van der Waals surface area (Å²) in [5.74, 6) is 0. The van der Waals surface area contributed by atoms with Crippen LogP contribution in [0.25, 0.3) is 0 Å². The van der Waals surface area contributed by atoms with Gasteiger partial charge in [-0.25, -0.2) is 0 Å². The first-order chi connectivity index (χ1) is 5.34. The van der Waals surface area contributed by atoms with Gasteiger partial charge in [-0.05, 0) is 46.0 Å². The molecule has 2 unspecified atom stereocenters. The van der Waals surface area contributed by atoms with Crippen molar-refractivity contribution in [3.8, 4) is 0 Å². The fourth-order valence-electron chi connectivity index (χ4n) is 3.25. The first-order valence-corrected chi connectivity index (χ1v) is 5.13. The SMILES string of the molecule is C[C@@H]1CC2(C)CC2N1C(C)(C)C. The lowest BCUT2D eigenvalue weighted by Gasteiger charge is -2.37. The Kier molecular flexibility index (Phi) is 1.47. The molecule has 1 saturated heterocycles. The highest BCUT2D eigenvalue weighted by atomic mass is 15.3. The lowest BCUT2D eigenvalue weighted by molar-refractivity contribution is 0.104. The van der Waals surface area contributed by atoms with Crippen molar-refractivity contribution < 1.29 is 0 Å². The second-order valence-electron chi connectivity index (χ2n) is 6.01. The summed E-state index contributed by atoms with van der Waals surface area (Å²) >= 11 is 0. The summed E-state index contributed by atoms with van der Waals surface area (Å²) in [6.07, 6.45) is 2.85. The van der Waals surface area contributed by atoms with Crippen molar-refractivity contribution in [1.29, 1.82) is 0 Å². The highest BCUT2D eigenvalue weighted by Crippen LogP contribution is 2.60. The van der Waals surface area contributed by atoms with E-state index in [2.05, 4.69) is 39.5 Å². The van der Waals surface area contributed by atoms with Crippen molar-refractivity contribution in [3.05, 3.63) is 0 Å². The zero-order valence-electron chi connectivity index (χ0n) is 9.02. The van der Waals surface area contributed by atoms with E-state index in [4.69, 9.17) is 0 Å². The summed E-state index contributed by atoms with van der Waals surface area (Å²) in [4.78, 5) is 2.72. The Balaban J connectivity index is 2.18. The maximum Gasteiger partial charge on any atom is 0.0164 e. The van der Waals surface area contributed by atoms with Gasteiger partial charge < -0.3 is 0 Å². The standard InChI is InChI=1S/C11H21N/c1-8-6-11(5)7-9(11)12(8)10(2,3)4/h8-9H,6-7H2,1-5H3/t8-,9?,11?/m1/s1. The summed E-state index contributed by atoms with van der Waals surface area (Å²) < 4.78 is 0. The van der Waals surface area contributed by atoms with Crippen molar-refractivity contribution in [2.45, 2.75) is 65.1 Å². The molecule has 1 nitrogen and oxygen atoms in total. The first-order valence-electron chi connectivity index (χ1n) is 5.13. The summed E-state index contributed by atoms with van der Waals surface area (Å²) in [6, 6.07) is 1.70. The van der Waals surface area contributed by atoms with Gasteiger partial charge in [0.15, 0.2) is 0 Å². The molecule has 0 radical (unpaired) electrons. The zero-order valence-corrected chi connectivity index (χ0v) is 9.02. The molecule has 0 bridgehead atoms. The molecule has 0 aromatic carbocycles. The van der Waals surface area contributed by atoms with Gasteiger partial charge in [-0.1, -0.05) is 6.92 Å². The van der Waals surface area contributed by atoms with E-state index in [1.54, 1.807) is 0 Å². The molecule has 12 heavy (non-hydrogen) atoms. The Bertz CT molecular complexity index is 204. The molecule has 0 aromatic rings. The van der Waals surface area contributed by atoms with E-state index >= 15 is 0 Å². The Morgan fingerprint density at radius 2 is 1.83 bits per heavy atom. The molecule has 3 atom stereocenters. The summed E-state index contributed by atoms with van der Waals surface area (Å²) in [5, 5.41) is 0. The second kappa shape index (κ2) is 2.06. The Hall–Kier alpha value is -0.0400. The second-order valence-corrected chi connectivity index (χ2v) is 6.01. The molecule has 0 amide bonds. The van der Waals surface area contributed by atoms with E-state index in [9.17, 15) is 0 Å². The van der Waals surface area contributed by atoms with E-state index in [1.165, 1.54) is 12.8 Å². The fraction of sp³-hybridized carbons (Fsp3) is 1.00. The molecule has 1 heterocycles. The van der Waals surface area contributed by atoms with Gasteiger partial charge >= 0.3 is 0 Å². The number of rotatable bonds is 0. The van der Waals surface area contributed by atoms with Crippen molar-refractivity contribution >= 4 is 0 Å². The maximum atomic E-state index is 2.72. The zero-order chi connectivity index (χ0) is 9.15. The largest absolute Gasteiger partial charge is 0.292 e. The lowest BCUT2D eigenvalue weighted by Crippen LogP contribution is -2.45. The third-order valence-corrected chi connectivity index (χ3v) is 3.65. The number of nitrogens with zero attached hydrogens (tertiary/aromatic N) is 1. The predicted octanol–water partition coefficient (Wildman–Crippen LogP) is 2.66. The average Bonchev–Trinajstić information content (AvgIpc) is 2.30. The van der Waals surface area contributed by atoms with Crippen molar-refractivity contribution in [2.24, 2.45) is 5.41 Å².